The zero-order valence-electron chi connectivity index (χ0n) is 12.1. The van der Waals surface area contributed by atoms with Gasteiger partial charge in [-0.2, -0.15) is 0 Å². The van der Waals surface area contributed by atoms with E-state index in [1.165, 1.54) is 11.8 Å². The molecule has 2 N–H and O–H groups in total. The summed E-state index contributed by atoms with van der Waals surface area (Å²) >= 11 is 0. The van der Waals surface area contributed by atoms with Crippen LogP contribution in [0.25, 0.3) is 0 Å². The third kappa shape index (κ3) is 5.27. The van der Waals surface area contributed by atoms with Crippen LogP contribution in [-0.4, -0.2) is 47.3 Å². The topological polar surface area (TPSA) is 87.1 Å². The summed E-state index contributed by atoms with van der Waals surface area (Å²) < 4.78 is 5.05. The van der Waals surface area contributed by atoms with Crippen LogP contribution < -0.4 is 4.74 Å². The highest BCUT2D eigenvalue weighted by Crippen LogP contribution is 2.13. The Morgan fingerprint density at radius 2 is 1.90 bits per heavy atom. The van der Waals surface area contributed by atoms with Crippen LogP contribution in [0.15, 0.2) is 35.9 Å². The van der Waals surface area contributed by atoms with E-state index in [1.807, 2.05) is 12.1 Å². The number of aliphatic hydroxyl groups excluding tert-OH is 1. The normalized spacial score (nSPS) is 11.1. The molecule has 0 fully saturated rings. The van der Waals surface area contributed by atoms with Crippen LogP contribution in [0, 0.1) is 0 Å². The zero-order valence-corrected chi connectivity index (χ0v) is 12.1. The van der Waals surface area contributed by atoms with E-state index in [1.54, 1.807) is 19.2 Å². The second kappa shape index (κ2) is 8.06. The van der Waals surface area contributed by atoms with Crippen LogP contribution in [0.2, 0.25) is 0 Å². The van der Waals surface area contributed by atoms with Crippen molar-refractivity contribution in [3.63, 3.8) is 0 Å². The molecule has 1 rings (SSSR count). The molecule has 21 heavy (non-hydrogen) atoms. The summed E-state index contributed by atoms with van der Waals surface area (Å²) in [5.74, 6) is -0.878. The highest BCUT2D eigenvalue weighted by atomic mass is 16.5. The first-order valence-corrected chi connectivity index (χ1v) is 6.42. The Labute approximate surface area is 123 Å². The number of aliphatic hydroxyl groups is 1. The van der Waals surface area contributed by atoms with E-state index in [0.29, 0.717) is 5.75 Å². The molecule has 0 aromatic heterocycles. The lowest BCUT2D eigenvalue weighted by molar-refractivity contribution is -0.133. The molecule has 0 radical (unpaired) electrons. The number of carbonyl (C=O) groups excluding carboxylic acids is 1. The van der Waals surface area contributed by atoms with E-state index < -0.39 is 11.9 Å². The molecule has 114 valence electrons. The van der Waals surface area contributed by atoms with Crippen molar-refractivity contribution in [1.82, 2.24) is 4.90 Å². The van der Waals surface area contributed by atoms with Gasteiger partial charge in [-0.1, -0.05) is 12.1 Å². The highest BCUT2D eigenvalue weighted by molar-refractivity contribution is 5.97. The number of aliphatic carboxylic acids is 1. The van der Waals surface area contributed by atoms with E-state index in [0.717, 1.165) is 11.6 Å². The van der Waals surface area contributed by atoms with Crippen molar-refractivity contribution < 1.29 is 24.5 Å². The van der Waals surface area contributed by atoms with Gasteiger partial charge in [0.1, 0.15) is 5.75 Å². The first-order chi connectivity index (χ1) is 9.97. The zero-order chi connectivity index (χ0) is 15.8. The van der Waals surface area contributed by atoms with Gasteiger partial charge in [-0.05, 0) is 24.6 Å². The Balaban J connectivity index is 2.83. The number of amides is 1. The molecule has 0 atom stereocenters. The van der Waals surface area contributed by atoms with Crippen molar-refractivity contribution in [3.05, 3.63) is 41.5 Å². The second-order valence-electron chi connectivity index (χ2n) is 4.46. The molecule has 0 spiro atoms. The van der Waals surface area contributed by atoms with Crippen molar-refractivity contribution in [2.45, 2.75) is 13.5 Å². The van der Waals surface area contributed by atoms with Crippen molar-refractivity contribution in [1.29, 1.82) is 0 Å². The van der Waals surface area contributed by atoms with Gasteiger partial charge >= 0.3 is 5.97 Å². The van der Waals surface area contributed by atoms with Gasteiger partial charge in [-0.3, -0.25) is 4.79 Å². The molecule has 0 heterocycles. The molecule has 0 aliphatic carbocycles. The van der Waals surface area contributed by atoms with Crippen LogP contribution >= 0.6 is 0 Å². The molecule has 1 amide bonds. The summed E-state index contributed by atoms with van der Waals surface area (Å²) in [6.45, 7) is 1.58. The number of carboxylic acid groups (broad SMARTS) is 1. The van der Waals surface area contributed by atoms with Gasteiger partial charge in [-0.15, -0.1) is 0 Å². The average molecular weight is 293 g/mol. The van der Waals surface area contributed by atoms with E-state index in [2.05, 4.69) is 0 Å². The first kappa shape index (κ1) is 16.7. The molecule has 0 aliphatic rings. The minimum atomic E-state index is -1.14. The summed E-state index contributed by atoms with van der Waals surface area (Å²) in [6.07, 6.45) is 1.06. The summed E-state index contributed by atoms with van der Waals surface area (Å²) in [7, 11) is 1.57. The van der Waals surface area contributed by atoms with Gasteiger partial charge in [0.05, 0.1) is 13.7 Å². The van der Waals surface area contributed by atoms with Gasteiger partial charge in [0.2, 0.25) is 5.91 Å². The summed E-state index contributed by atoms with van der Waals surface area (Å²) in [4.78, 5) is 24.2. The molecule has 0 unspecified atom stereocenters. The fourth-order valence-electron chi connectivity index (χ4n) is 1.68. The fraction of sp³-hybridized carbons (Fsp3) is 0.333. The highest BCUT2D eigenvalue weighted by Gasteiger charge is 2.13. The summed E-state index contributed by atoms with van der Waals surface area (Å²) in [5.41, 5.74) is 0.816. The van der Waals surface area contributed by atoms with Crippen molar-refractivity contribution in [2.24, 2.45) is 0 Å². The SMILES string of the molecule is COc1ccc(CN(CCO)C(=O)C=C(C)C(=O)O)cc1. The van der Waals surface area contributed by atoms with Gasteiger partial charge in [0.15, 0.2) is 0 Å². The number of rotatable bonds is 7. The molecular weight excluding hydrogens is 274 g/mol. The molecule has 0 aliphatic heterocycles. The Morgan fingerprint density at radius 3 is 2.38 bits per heavy atom. The van der Waals surface area contributed by atoms with Crippen LogP contribution in [0.3, 0.4) is 0 Å². The van der Waals surface area contributed by atoms with Crippen molar-refractivity contribution >= 4 is 11.9 Å². The molecule has 6 nitrogen and oxygen atoms in total. The Hall–Kier alpha value is -2.34. The molecule has 0 bridgehead atoms. The van der Waals surface area contributed by atoms with E-state index in [9.17, 15) is 9.59 Å². The standard InChI is InChI=1S/C15H19NO5/c1-11(15(19)20)9-14(18)16(7-8-17)10-12-3-5-13(21-2)6-4-12/h3-6,9,17H,7-8,10H2,1-2H3,(H,19,20). The quantitative estimate of drug-likeness (QED) is 0.734. The van der Waals surface area contributed by atoms with Crippen LogP contribution in [0.1, 0.15) is 12.5 Å². The molecule has 1 aromatic carbocycles. The Bertz CT molecular complexity index is 521. The number of hydrogen-bond donors (Lipinski definition) is 2. The maximum atomic E-state index is 12.0. The van der Waals surface area contributed by atoms with Crippen LogP contribution in [-0.2, 0) is 16.1 Å². The summed E-state index contributed by atoms with van der Waals surface area (Å²) in [5, 5.41) is 17.8. The number of benzene rings is 1. The molecular formula is C15H19NO5. The van der Waals surface area contributed by atoms with Gasteiger partial charge in [-0.25, -0.2) is 4.79 Å². The lowest BCUT2D eigenvalue weighted by Crippen LogP contribution is -2.32. The molecule has 6 heteroatoms. The average Bonchev–Trinajstić information content (AvgIpc) is 2.47. The molecule has 0 saturated heterocycles. The van der Waals surface area contributed by atoms with E-state index in [4.69, 9.17) is 14.9 Å². The lowest BCUT2D eigenvalue weighted by atomic mass is 10.2. The number of methoxy groups -OCH3 is 1. The van der Waals surface area contributed by atoms with Crippen LogP contribution in [0.5, 0.6) is 5.75 Å². The number of hydrogen-bond acceptors (Lipinski definition) is 4. The largest absolute Gasteiger partial charge is 0.497 e. The van der Waals surface area contributed by atoms with Gasteiger partial charge in [0, 0.05) is 24.7 Å². The second-order valence-corrected chi connectivity index (χ2v) is 4.46. The van der Waals surface area contributed by atoms with E-state index in [-0.39, 0.29) is 25.3 Å². The molecule has 1 aromatic rings. The number of nitrogens with zero attached hydrogens (tertiary/aromatic N) is 1. The first-order valence-electron chi connectivity index (χ1n) is 6.42. The maximum Gasteiger partial charge on any atom is 0.331 e. The molecule has 0 saturated carbocycles. The van der Waals surface area contributed by atoms with E-state index >= 15 is 0 Å². The predicted octanol–water partition coefficient (Wildman–Crippen LogP) is 1.05. The third-order valence-corrected chi connectivity index (χ3v) is 2.89. The maximum absolute atomic E-state index is 12.0. The van der Waals surface area contributed by atoms with Crippen molar-refractivity contribution in [2.75, 3.05) is 20.3 Å². The summed E-state index contributed by atoms with van der Waals surface area (Å²) in [6, 6.07) is 7.17. The number of carboxylic acids is 1. The Kier molecular flexibility index (Phi) is 6.42. The fourth-order valence-corrected chi connectivity index (χ4v) is 1.68. The smallest absolute Gasteiger partial charge is 0.331 e. The van der Waals surface area contributed by atoms with Crippen LogP contribution in [0.4, 0.5) is 0 Å². The predicted molar refractivity (Wildman–Crippen MR) is 76.9 cm³/mol. The minimum Gasteiger partial charge on any atom is -0.497 e. The van der Waals surface area contributed by atoms with Gasteiger partial charge < -0.3 is 19.8 Å². The number of ether oxygens (including phenoxy) is 1. The Morgan fingerprint density at radius 1 is 1.29 bits per heavy atom. The van der Waals surface area contributed by atoms with Gasteiger partial charge in [0.25, 0.3) is 0 Å². The third-order valence-electron chi connectivity index (χ3n) is 2.89. The van der Waals surface area contributed by atoms with Crippen molar-refractivity contribution in [3.8, 4) is 5.75 Å². The lowest BCUT2D eigenvalue weighted by Gasteiger charge is -2.20. The number of carbonyl (C=O) groups is 2. The minimum absolute atomic E-state index is 0.0438. The monoisotopic (exact) mass is 293 g/mol.